The van der Waals surface area contributed by atoms with Crippen LogP contribution in [0.4, 0.5) is 5.69 Å². The van der Waals surface area contributed by atoms with Crippen LogP contribution in [0.15, 0.2) is 82.2 Å². The summed E-state index contributed by atoms with van der Waals surface area (Å²) < 4.78 is 33.9. The molecule has 4 rings (SSSR count). The van der Waals surface area contributed by atoms with Crippen molar-refractivity contribution >= 4 is 54.9 Å². The summed E-state index contributed by atoms with van der Waals surface area (Å²) in [6.07, 6.45) is 3.52. The number of hydrogen-bond acceptors (Lipinski definition) is 5. The number of piperidine rings is 1. The Hall–Kier alpha value is -2.79. The zero-order valence-corrected chi connectivity index (χ0v) is 23.4. The van der Waals surface area contributed by atoms with Crippen molar-refractivity contribution in [1.29, 1.82) is 0 Å². The van der Waals surface area contributed by atoms with Gasteiger partial charge >= 0.3 is 0 Å². The first-order chi connectivity index (χ1) is 17.8. The molecule has 0 radical (unpaired) electrons. The standard InChI is InChI=1S/C27H28BrN3O4S2/c28-21-9-14-25(35-18-15-20-7-3-1-4-8-20)24(19-21)26(32)30-27(36)29-22-10-12-23(13-11-22)37(33,34)31-16-5-2-6-17-31/h1,3-4,7-14,19H,2,5-6,15-18H2,(H2,29,30,32,36). The lowest BCUT2D eigenvalue weighted by atomic mass is 10.1. The fourth-order valence-corrected chi connectivity index (χ4v) is 6.12. The van der Waals surface area contributed by atoms with Gasteiger partial charge in [0.1, 0.15) is 5.75 Å². The molecule has 3 aromatic carbocycles. The molecule has 7 nitrogen and oxygen atoms in total. The number of anilines is 1. The lowest BCUT2D eigenvalue weighted by molar-refractivity contribution is 0.0973. The number of benzene rings is 3. The van der Waals surface area contributed by atoms with Crippen LogP contribution in [-0.4, -0.2) is 43.4 Å². The molecule has 1 heterocycles. The second-order valence-electron chi connectivity index (χ2n) is 8.62. The number of hydrogen-bond donors (Lipinski definition) is 2. The number of nitrogens with zero attached hydrogens (tertiary/aromatic N) is 1. The summed E-state index contributed by atoms with van der Waals surface area (Å²) in [5.74, 6) is 0.0320. The van der Waals surface area contributed by atoms with Gasteiger partial charge in [0.25, 0.3) is 5.91 Å². The molecule has 0 saturated carbocycles. The van der Waals surface area contributed by atoms with Gasteiger partial charge in [-0.25, -0.2) is 8.42 Å². The Kier molecular flexibility index (Phi) is 9.31. The van der Waals surface area contributed by atoms with E-state index in [1.54, 1.807) is 36.4 Å². The van der Waals surface area contributed by atoms with Crippen LogP contribution in [0.3, 0.4) is 0 Å². The lowest BCUT2D eigenvalue weighted by Gasteiger charge is -2.25. The number of rotatable bonds is 8. The van der Waals surface area contributed by atoms with Crippen molar-refractivity contribution in [2.24, 2.45) is 0 Å². The van der Waals surface area contributed by atoms with Gasteiger partial charge < -0.3 is 10.1 Å². The molecular weight excluding hydrogens is 574 g/mol. The summed E-state index contributed by atoms with van der Waals surface area (Å²) in [7, 11) is -3.51. The van der Waals surface area contributed by atoms with E-state index in [4.69, 9.17) is 17.0 Å². The van der Waals surface area contributed by atoms with Gasteiger partial charge in [-0.1, -0.05) is 52.7 Å². The van der Waals surface area contributed by atoms with E-state index < -0.39 is 15.9 Å². The Labute approximate surface area is 231 Å². The van der Waals surface area contributed by atoms with Gasteiger partial charge in [-0.05, 0) is 73.1 Å². The smallest absolute Gasteiger partial charge is 0.261 e. The number of nitrogens with one attached hydrogen (secondary N) is 2. The van der Waals surface area contributed by atoms with E-state index in [9.17, 15) is 13.2 Å². The Morgan fingerprint density at radius 3 is 2.38 bits per heavy atom. The summed E-state index contributed by atoms with van der Waals surface area (Å²) >= 11 is 8.73. The summed E-state index contributed by atoms with van der Waals surface area (Å²) in [4.78, 5) is 13.2. The summed E-state index contributed by atoms with van der Waals surface area (Å²) in [6.45, 7) is 1.51. The molecule has 0 bridgehead atoms. The molecule has 2 N–H and O–H groups in total. The summed E-state index contributed by atoms with van der Waals surface area (Å²) in [6, 6.07) is 21.5. The zero-order chi connectivity index (χ0) is 26.3. The van der Waals surface area contributed by atoms with Crippen LogP contribution in [0.25, 0.3) is 0 Å². The van der Waals surface area contributed by atoms with Gasteiger partial charge in [0.05, 0.1) is 17.1 Å². The fourth-order valence-electron chi connectivity index (χ4n) is 4.03. The summed E-state index contributed by atoms with van der Waals surface area (Å²) in [5, 5.41) is 5.70. The van der Waals surface area contributed by atoms with Crippen LogP contribution in [-0.2, 0) is 16.4 Å². The molecule has 1 amide bonds. The molecule has 1 aliphatic rings. The number of sulfonamides is 1. The number of thiocarbonyl (C=S) groups is 1. The predicted octanol–water partition coefficient (Wildman–Crippen LogP) is 5.37. The maximum absolute atomic E-state index is 13.0. The highest BCUT2D eigenvalue weighted by Gasteiger charge is 2.25. The Balaban J connectivity index is 1.36. The fraction of sp³-hybridized carbons (Fsp3) is 0.259. The van der Waals surface area contributed by atoms with Crippen LogP contribution >= 0.6 is 28.1 Å². The normalized spacial score (nSPS) is 14.1. The van der Waals surface area contributed by atoms with Crippen molar-refractivity contribution < 1.29 is 17.9 Å². The quantitative estimate of drug-likeness (QED) is 0.337. The second-order valence-corrected chi connectivity index (χ2v) is 11.9. The third kappa shape index (κ3) is 7.38. The van der Waals surface area contributed by atoms with Gasteiger partial charge in [0, 0.05) is 29.7 Å². The maximum atomic E-state index is 13.0. The molecule has 194 valence electrons. The SMILES string of the molecule is O=C(NC(=S)Nc1ccc(S(=O)(=O)N2CCCCC2)cc1)c1cc(Br)ccc1OCCc1ccccc1. The van der Waals surface area contributed by atoms with Crippen LogP contribution in [0.1, 0.15) is 35.2 Å². The maximum Gasteiger partial charge on any atom is 0.261 e. The zero-order valence-electron chi connectivity index (χ0n) is 20.2. The highest BCUT2D eigenvalue weighted by molar-refractivity contribution is 9.10. The average molecular weight is 603 g/mol. The first-order valence-electron chi connectivity index (χ1n) is 12.0. The van der Waals surface area contributed by atoms with E-state index >= 15 is 0 Å². The first kappa shape index (κ1) is 27.3. The van der Waals surface area contributed by atoms with Crippen molar-refractivity contribution in [1.82, 2.24) is 9.62 Å². The van der Waals surface area contributed by atoms with Crippen LogP contribution < -0.4 is 15.4 Å². The molecule has 1 saturated heterocycles. The molecule has 0 aliphatic carbocycles. The third-order valence-electron chi connectivity index (χ3n) is 5.97. The van der Waals surface area contributed by atoms with Crippen molar-refractivity contribution in [3.8, 4) is 5.75 Å². The molecule has 0 unspecified atom stereocenters. The molecule has 37 heavy (non-hydrogen) atoms. The largest absolute Gasteiger partial charge is 0.492 e. The van der Waals surface area contributed by atoms with Gasteiger partial charge in [0.15, 0.2) is 5.11 Å². The van der Waals surface area contributed by atoms with Gasteiger partial charge in [0.2, 0.25) is 10.0 Å². The Bertz CT molecular complexity index is 1340. The number of carbonyl (C=O) groups excluding carboxylic acids is 1. The van der Waals surface area contributed by atoms with Gasteiger partial charge in [-0.15, -0.1) is 0 Å². The minimum Gasteiger partial charge on any atom is -0.492 e. The lowest BCUT2D eigenvalue weighted by Crippen LogP contribution is -2.35. The minimum atomic E-state index is -3.51. The number of carbonyl (C=O) groups is 1. The Morgan fingerprint density at radius 1 is 0.973 bits per heavy atom. The molecule has 0 aromatic heterocycles. The molecule has 0 spiro atoms. The van der Waals surface area contributed by atoms with Crippen molar-refractivity contribution in [2.75, 3.05) is 25.0 Å². The Morgan fingerprint density at radius 2 is 1.68 bits per heavy atom. The van der Waals surface area contributed by atoms with E-state index in [1.807, 2.05) is 36.4 Å². The van der Waals surface area contributed by atoms with Crippen molar-refractivity contribution in [2.45, 2.75) is 30.6 Å². The van der Waals surface area contributed by atoms with Crippen LogP contribution in [0, 0.1) is 0 Å². The van der Waals surface area contributed by atoms with E-state index in [0.717, 1.165) is 29.3 Å². The van der Waals surface area contributed by atoms with E-state index in [0.29, 0.717) is 43.1 Å². The van der Waals surface area contributed by atoms with Crippen molar-refractivity contribution in [3.63, 3.8) is 0 Å². The van der Waals surface area contributed by atoms with Crippen LogP contribution in [0.2, 0.25) is 0 Å². The predicted molar refractivity (Wildman–Crippen MR) is 153 cm³/mol. The second kappa shape index (κ2) is 12.6. The van der Waals surface area contributed by atoms with Crippen LogP contribution in [0.5, 0.6) is 5.75 Å². The molecule has 10 heteroatoms. The molecule has 1 fully saturated rings. The summed E-state index contributed by atoms with van der Waals surface area (Å²) in [5.41, 5.74) is 2.05. The molecule has 0 atom stereocenters. The van der Waals surface area contributed by atoms with Gasteiger partial charge in [-0.3, -0.25) is 10.1 Å². The van der Waals surface area contributed by atoms with E-state index in [2.05, 4.69) is 26.6 Å². The molecule has 1 aliphatic heterocycles. The number of ether oxygens (including phenoxy) is 1. The highest BCUT2D eigenvalue weighted by atomic mass is 79.9. The van der Waals surface area contributed by atoms with Crippen molar-refractivity contribution in [3.05, 3.63) is 88.4 Å². The first-order valence-corrected chi connectivity index (χ1v) is 14.7. The molecular formula is C27H28BrN3O4S2. The monoisotopic (exact) mass is 601 g/mol. The third-order valence-corrected chi connectivity index (χ3v) is 8.58. The topological polar surface area (TPSA) is 87.7 Å². The number of amides is 1. The average Bonchev–Trinajstić information content (AvgIpc) is 2.91. The highest BCUT2D eigenvalue weighted by Crippen LogP contribution is 2.24. The minimum absolute atomic E-state index is 0.0897. The van der Waals surface area contributed by atoms with E-state index in [1.165, 1.54) is 4.31 Å². The van der Waals surface area contributed by atoms with Gasteiger partial charge in [-0.2, -0.15) is 4.31 Å². The number of halogens is 1. The van der Waals surface area contributed by atoms with E-state index in [-0.39, 0.29) is 10.0 Å². The molecule has 3 aromatic rings.